The number of amides is 2. The normalized spacial score (nSPS) is 12.9. The molecule has 16 nitrogen and oxygen atoms in total. The number of carbonyl (C=O) groups is 1. The first-order chi connectivity index (χ1) is 28.5. The van der Waals surface area contributed by atoms with Crippen molar-refractivity contribution in [3.05, 3.63) is 83.2 Å². The van der Waals surface area contributed by atoms with E-state index in [-0.39, 0.29) is 36.9 Å². The lowest BCUT2D eigenvalue weighted by Crippen LogP contribution is -2.37. The average Bonchev–Trinajstić information content (AvgIpc) is 3.89. The number of rotatable bonds is 15. The van der Waals surface area contributed by atoms with Gasteiger partial charge in [-0.3, -0.25) is 0 Å². The van der Waals surface area contributed by atoms with Crippen LogP contribution in [0.15, 0.2) is 60.9 Å². The van der Waals surface area contributed by atoms with Gasteiger partial charge in [-0.25, -0.2) is 41.5 Å². The highest BCUT2D eigenvalue weighted by Gasteiger charge is 2.23. The molecule has 0 unspecified atom stereocenters. The van der Waals surface area contributed by atoms with Gasteiger partial charge in [0.15, 0.2) is 5.75 Å². The zero-order valence-corrected chi connectivity index (χ0v) is 36.5. The second-order valence-electron chi connectivity index (χ2n) is 14.4. The second-order valence-corrected chi connectivity index (χ2v) is 17.9. The maximum absolute atomic E-state index is 12.6. The number of hydrogen-bond acceptors (Lipinski definition) is 13. The van der Waals surface area contributed by atoms with Gasteiger partial charge in [-0.05, 0) is 112 Å². The van der Waals surface area contributed by atoms with E-state index in [9.17, 15) is 21.6 Å². The Morgan fingerprint density at radius 1 is 0.767 bits per heavy atom. The van der Waals surface area contributed by atoms with Crippen LogP contribution in [0.3, 0.4) is 0 Å². The predicted molar refractivity (Wildman–Crippen MR) is 229 cm³/mol. The molecule has 2 aliphatic rings. The third-order valence-electron chi connectivity index (χ3n) is 9.28. The molecule has 2 aliphatic carbocycles. The number of anilines is 1. The third kappa shape index (κ3) is 14.4. The fourth-order valence-corrected chi connectivity index (χ4v) is 7.65. The first kappa shape index (κ1) is 47.4. The van der Waals surface area contributed by atoms with Crippen LogP contribution in [0.2, 0.25) is 0 Å². The minimum Gasteiger partial charge on any atom is -0.481 e. The van der Waals surface area contributed by atoms with Gasteiger partial charge in [0.2, 0.25) is 31.8 Å². The number of urea groups is 1. The molecule has 2 amide bonds. The van der Waals surface area contributed by atoms with Crippen molar-refractivity contribution in [2.45, 2.75) is 78.4 Å². The van der Waals surface area contributed by atoms with E-state index in [2.05, 4.69) is 26.1 Å². The number of fused-ring (bicyclic) bond motifs is 2. The molecule has 0 bridgehead atoms. The van der Waals surface area contributed by atoms with Crippen LogP contribution < -0.4 is 29.4 Å². The number of nitrogens with zero attached hydrogens (tertiary/aromatic N) is 3. The van der Waals surface area contributed by atoms with Crippen molar-refractivity contribution in [3.63, 3.8) is 0 Å². The van der Waals surface area contributed by atoms with Gasteiger partial charge >= 0.3 is 6.03 Å². The van der Waals surface area contributed by atoms with E-state index in [1.54, 1.807) is 31.8 Å². The van der Waals surface area contributed by atoms with Gasteiger partial charge < -0.3 is 29.0 Å². The van der Waals surface area contributed by atoms with Gasteiger partial charge in [0.05, 0.1) is 56.8 Å². The predicted octanol–water partition coefficient (Wildman–Crippen LogP) is 5.93. The molecule has 18 heteroatoms. The number of primary sulfonamides is 1. The van der Waals surface area contributed by atoms with Crippen molar-refractivity contribution in [3.8, 4) is 46.0 Å². The topological polar surface area (TPSA) is 231 Å². The van der Waals surface area contributed by atoms with Gasteiger partial charge in [0, 0.05) is 35.7 Å². The van der Waals surface area contributed by atoms with E-state index in [1.807, 2.05) is 64.1 Å². The van der Waals surface area contributed by atoms with Crippen LogP contribution in [-0.4, -0.2) is 84.0 Å². The maximum Gasteiger partial charge on any atom is 0.332 e. The Balaban J connectivity index is 0.000000226. The van der Waals surface area contributed by atoms with Crippen molar-refractivity contribution in [1.82, 2.24) is 14.7 Å². The fraction of sp³-hybridized carbons (Fsp3) is 0.429. The van der Waals surface area contributed by atoms with Gasteiger partial charge in [0.25, 0.3) is 6.26 Å². The summed E-state index contributed by atoms with van der Waals surface area (Å²) in [6.07, 6.45) is 11.0. The van der Waals surface area contributed by atoms with Crippen molar-refractivity contribution in [2.75, 3.05) is 44.3 Å². The van der Waals surface area contributed by atoms with Crippen molar-refractivity contribution < 1.29 is 45.3 Å². The summed E-state index contributed by atoms with van der Waals surface area (Å²) >= 11 is 0. The summed E-state index contributed by atoms with van der Waals surface area (Å²) in [5.74, 6) is 1.28. The van der Waals surface area contributed by atoms with Crippen molar-refractivity contribution in [2.24, 2.45) is 5.14 Å². The smallest absolute Gasteiger partial charge is 0.332 e. The van der Waals surface area contributed by atoms with Gasteiger partial charge in [-0.15, -0.1) is 5.26 Å². The molecule has 0 saturated heterocycles. The SMILES string of the molecule is CC(C)OCCS(N)(=O)=O.COc1cc(-c2ccc3c(c2NC(=O)NS(=O)(=O)CCOC(C)C)CCC3)ccn1.COc1cc(-c2ccc3c(c2OC#N)CCC3)ccn1. The number of benzene rings is 2. The highest BCUT2D eigenvalue weighted by Crippen LogP contribution is 2.40. The summed E-state index contributed by atoms with van der Waals surface area (Å²) in [7, 11) is -4.04. The molecule has 324 valence electrons. The van der Waals surface area contributed by atoms with E-state index in [0.717, 1.165) is 77.5 Å². The minimum absolute atomic E-state index is 0.0169. The zero-order chi connectivity index (χ0) is 43.9. The lowest BCUT2D eigenvalue weighted by molar-refractivity contribution is 0.0909. The van der Waals surface area contributed by atoms with Crippen LogP contribution in [0.4, 0.5) is 10.5 Å². The van der Waals surface area contributed by atoms with Gasteiger partial charge in [0.1, 0.15) is 0 Å². The standard InChI is InChI=1S/C21H27N3O5S.C16H14N2O2.C5H13NO3S/c1-14(2)29-11-12-30(26,27)24-21(25)23-20-17-6-4-5-15(17)7-8-18(20)16-9-10-22-19(13-16)28-3;1-19-15-9-12(7-8-18-15)14-6-5-11-3-2-4-13(11)16(14)20-10-17;1-5(2)9-3-4-10(6,7)8/h7-10,13-14H,4-6,11-12H2,1-3H3,(H2,23,24,25);5-9H,2-4H2,1H3;5H,3-4H2,1-2H3,(H2,6,7,8). The molecule has 4 aromatic rings. The molecular formula is C42H54N6O10S2. The Hall–Kier alpha value is -5.32. The number of nitrogens with one attached hydrogen (secondary N) is 2. The van der Waals surface area contributed by atoms with E-state index in [1.165, 1.54) is 12.7 Å². The van der Waals surface area contributed by atoms with Crippen LogP contribution in [0.5, 0.6) is 17.5 Å². The molecule has 0 fully saturated rings. The highest BCUT2D eigenvalue weighted by molar-refractivity contribution is 7.90. The number of sulfonamides is 2. The molecule has 0 atom stereocenters. The Bertz CT molecular complexity index is 2350. The van der Waals surface area contributed by atoms with Gasteiger partial charge in [-0.1, -0.05) is 24.3 Å². The monoisotopic (exact) mass is 866 g/mol. The Morgan fingerprint density at radius 2 is 1.28 bits per heavy atom. The number of aromatic nitrogens is 2. The Kier molecular flexibility index (Phi) is 17.6. The second kappa shape index (κ2) is 22.3. The van der Waals surface area contributed by atoms with E-state index in [4.69, 9.17) is 34.1 Å². The van der Waals surface area contributed by atoms with Crippen LogP contribution >= 0.6 is 0 Å². The molecule has 60 heavy (non-hydrogen) atoms. The number of methoxy groups -OCH3 is 2. The summed E-state index contributed by atoms with van der Waals surface area (Å²) in [4.78, 5) is 20.8. The van der Waals surface area contributed by atoms with Gasteiger partial charge in [-0.2, -0.15) is 0 Å². The first-order valence-electron chi connectivity index (χ1n) is 19.5. The maximum atomic E-state index is 12.6. The molecule has 2 aromatic heterocycles. The fourth-order valence-electron chi connectivity index (χ4n) is 6.57. The molecule has 0 saturated carbocycles. The number of pyridine rings is 2. The molecule has 0 aliphatic heterocycles. The summed E-state index contributed by atoms with van der Waals surface area (Å²) < 4.78 is 73.0. The molecule has 6 rings (SSSR count). The summed E-state index contributed by atoms with van der Waals surface area (Å²) in [5, 5.41) is 16.4. The van der Waals surface area contributed by atoms with Crippen LogP contribution in [0, 0.1) is 11.5 Å². The lowest BCUT2D eigenvalue weighted by atomic mass is 9.98. The molecular weight excluding hydrogens is 813 g/mol. The summed E-state index contributed by atoms with van der Waals surface area (Å²) in [6, 6.07) is 14.7. The van der Waals surface area contributed by atoms with E-state index < -0.39 is 26.1 Å². The molecule has 2 heterocycles. The van der Waals surface area contributed by atoms with E-state index >= 15 is 0 Å². The number of hydrogen-bond donors (Lipinski definition) is 3. The number of nitrogens with two attached hydrogens (primary N) is 1. The summed E-state index contributed by atoms with van der Waals surface area (Å²) in [6.45, 7) is 7.50. The minimum atomic E-state index is -3.82. The van der Waals surface area contributed by atoms with Crippen molar-refractivity contribution >= 4 is 31.8 Å². The van der Waals surface area contributed by atoms with Crippen molar-refractivity contribution in [1.29, 1.82) is 5.26 Å². The number of aryl methyl sites for hydroxylation is 2. The average molecular weight is 867 g/mol. The van der Waals surface area contributed by atoms with Crippen LogP contribution in [0.1, 0.15) is 62.8 Å². The lowest BCUT2D eigenvalue weighted by Gasteiger charge is -2.17. The number of carbonyl (C=O) groups excluding carboxylic acids is 1. The molecule has 2 aromatic carbocycles. The highest BCUT2D eigenvalue weighted by atomic mass is 32.2. The summed E-state index contributed by atoms with van der Waals surface area (Å²) in [5.41, 5.74) is 8.68. The molecule has 0 spiro atoms. The Morgan fingerprint density at radius 3 is 1.82 bits per heavy atom. The third-order valence-corrected chi connectivity index (χ3v) is 11.2. The van der Waals surface area contributed by atoms with Crippen LogP contribution in [-0.2, 0) is 55.2 Å². The van der Waals surface area contributed by atoms with E-state index in [0.29, 0.717) is 23.2 Å². The molecule has 0 radical (unpaired) electrons. The molecule has 4 N–H and O–H groups in total. The number of ether oxygens (including phenoxy) is 5. The zero-order valence-electron chi connectivity index (χ0n) is 34.8. The number of nitriles is 1. The Labute approximate surface area is 352 Å². The quantitative estimate of drug-likeness (QED) is 0.118. The first-order valence-corrected chi connectivity index (χ1v) is 22.8. The van der Waals surface area contributed by atoms with Crippen LogP contribution in [0.25, 0.3) is 22.3 Å². The largest absolute Gasteiger partial charge is 0.481 e.